The van der Waals surface area contributed by atoms with Crippen LogP contribution < -0.4 is 10.3 Å². The maximum absolute atomic E-state index is 12.0. The molecule has 0 spiro atoms. The van der Waals surface area contributed by atoms with Gasteiger partial charge in [-0.3, -0.25) is 9.78 Å². The molecular weight excluding hydrogens is 336 g/mol. The van der Waals surface area contributed by atoms with Gasteiger partial charge in [-0.15, -0.1) is 0 Å². The molecule has 1 atom stereocenters. The second-order valence-corrected chi connectivity index (χ2v) is 7.82. The van der Waals surface area contributed by atoms with Crippen molar-refractivity contribution in [1.29, 1.82) is 0 Å². The number of benzene rings is 1. The van der Waals surface area contributed by atoms with E-state index in [1.54, 1.807) is 30.7 Å². The molecule has 0 aliphatic carbocycles. The van der Waals surface area contributed by atoms with Gasteiger partial charge in [0, 0.05) is 35.7 Å². The van der Waals surface area contributed by atoms with E-state index >= 15 is 0 Å². The first-order chi connectivity index (χ1) is 12.9. The first-order valence-electron chi connectivity index (χ1n) is 9.57. The van der Waals surface area contributed by atoms with Crippen molar-refractivity contribution in [1.82, 2.24) is 10.4 Å². The number of aromatic nitrogens is 1. The Bertz CT molecular complexity index is 829. The van der Waals surface area contributed by atoms with E-state index in [4.69, 9.17) is 0 Å². The van der Waals surface area contributed by atoms with Crippen molar-refractivity contribution in [3.05, 3.63) is 59.4 Å². The van der Waals surface area contributed by atoms with Crippen molar-refractivity contribution in [2.24, 2.45) is 5.10 Å². The summed E-state index contributed by atoms with van der Waals surface area (Å²) in [5.74, 6) is 0.249. The van der Waals surface area contributed by atoms with Crippen molar-refractivity contribution >= 4 is 17.8 Å². The smallest absolute Gasteiger partial charge is 0.271 e. The van der Waals surface area contributed by atoms with Gasteiger partial charge in [0.1, 0.15) is 0 Å². The molecular formula is C22H28N4O. The predicted molar refractivity (Wildman–Crippen MR) is 110 cm³/mol. The molecule has 1 aliphatic heterocycles. The second-order valence-electron chi connectivity index (χ2n) is 7.82. The van der Waals surface area contributed by atoms with Gasteiger partial charge in [-0.2, -0.15) is 5.10 Å². The zero-order valence-corrected chi connectivity index (χ0v) is 16.6. The molecule has 3 rings (SSSR count). The summed E-state index contributed by atoms with van der Waals surface area (Å²) >= 11 is 0. The fourth-order valence-electron chi connectivity index (χ4n) is 3.97. The SMILES string of the molecule is CCCN1c2ccc(/C=N\NC(=O)c3ccncc3)cc2C(C)CC1(C)C. The fraction of sp³-hybridized carbons (Fsp3) is 0.409. The Morgan fingerprint density at radius 1 is 1.33 bits per heavy atom. The van der Waals surface area contributed by atoms with E-state index in [1.807, 2.05) is 0 Å². The highest BCUT2D eigenvalue weighted by Gasteiger charge is 2.35. The van der Waals surface area contributed by atoms with Crippen LogP contribution in [0.3, 0.4) is 0 Å². The molecule has 1 unspecified atom stereocenters. The number of nitrogens with one attached hydrogen (secondary N) is 1. The third-order valence-corrected chi connectivity index (χ3v) is 5.18. The van der Waals surface area contributed by atoms with Crippen LogP contribution in [0.5, 0.6) is 0 Å². The number of rotatable bonds is 5. The highest BCUT2D eigenvalue weighted by molar-refractivity contribution is 5.94. The Morgan fingerprint density at radius 2 is 2.07 bits per heavy atom. The van der Waals surface area contributed by atoms with Gasteiger partial charge in [0.25, 0.3) is 5.91 Å². The summed E-state index contributed by atoms with van der Waals surface area (Å²) in [6.45, 7) is 10.2. The van der Waals surface area contributed by atoms with Gasteiger partial charge in [0.05, 0.1) is 6.21 Å². The number of hydrazone groups is 1. The Kier molecular flexibility index (Phi) is 5.59. The lowest BCUT2D eigenvalue weighted by molar-refractivity contribution is 0.0955. The molecule has 0 saturated carbocycles. The van der Waals surface area contributed by atoms with Crippen LogP contribution in [0.25, 0.3) is 0 Å². The van der Waals surface area contributed by atoms with Crippen molar-refractivity contribution in [2.75, 3.05) is 11.4 Å². The Balaban J connectivity index is 1.77. The third kappa shape index (κ3) is 4.18. The van der Waals surface area contributed by atoms with Gasteiger partial charge in [-0.25, -0.2) is 5.43 Å². The van der Waals surface area contributed by atoms with E-state index in [9.17, 15) is 4.79 Å². The number of anilines is 1. The van der Waals surface area contributed by atoms with Crippen LogP contribution in [0.1, 0.15) is 67.9 Å². The number of amides is 1. The minimum atomic E-state index is -0.240. The molecule has 1 aliphatic rings. The fourth-order valence-corrected chi connectivity index (χ4v) is 3.97. The molecule has 0 fully saturated rings. The van der Waals surface area contributed by atoms with Gasteiger partial charge in [0.2, 0.25) is 0 Å². The summed E-state index contributed by atoms with van der Waals surface area (Å²) in [5.41, 5.74) is 6.94. The van der Waals surface area contributed by atoms with Crippen LogP contribution in [-0.4, -0.2) is 29.2 Å². The van der Waals surface area contributed by atoms with Gasteiger partial charge < -0.3 is 4.90 Å². The molecule has 0 bridgehead atoms. The van der Waals surface area contributed by atoms with Crippen molar-refractivity contribution in [3.8, 4) is 0 Å². The molecule has 2 heterocycles. The van der Waals surface area contributed by atoms with E-state index in [0.717, 1.165) is 24.9 Å². The highest BCUT2D eigenvalue weighted by Crippen LogP contribution is 2.43. The summed E-state index contributed by atoms with van der Waals surface area (Å²) in [4.78, 5) is 18.5. The molecule has 1 aromatic heterocycles. The van der Waals surface area contributed by atoms with Crippen LogP contribution >= 0.6 is 0 Å². The Morgan fingerprint density at radius 3 is 2.78 bits per heavy atom. The summed E-state index contributed by atoms with van der Waals surface area (Å²) in [5, 5.41) is 4.12. The monoisotopic (exact) mass is 364 g/mol. The number of hydrogen-bond acceptors (Lipinski definition) is 4. The first kappa shape index (κ1) is 19.1. The molecule has 1 amide bonds. The van der Waals surface area contributed by atoms with Crippen molar-refractivity contribution < 1.29 is 4.79 Å². The molecule has 0 saturated heterocycles. The number of pyridine rings is 1. The van der Waals surface area contributed by atoms with Crippen LogP contribution in [0.4, 0.5) is 5.69 Å². The quantitative estimate of drug-likeness (QED) is 0.634. The average molecular weight is 364 g/mol. The molecule has 5 nitrogen and oxygen atoms in total. The molecule has 5 heteroatoms. The van der Waals surface area contributed by atoms with Gasteiger partial charge >= 0.3 is 0 Å². The lowest BCUT2D eigenvalue weighted by atomic mass is 9.79. The zero-order chi connectivity index (χ0) is 19.4. The zero-order valence-electron chi connectivity index (χ0n) is 16.6. The lowest BCUT2D eigenvalue weighted by Gasteiger charge is -2.47. The number of fused-ring (bicyclic) bond motifs is 1. The maximum Gasteiger partial charge on any atom is 0.271 e. The van der Waals surface area contributed by atoms with Crippen LogP contribution in [-0.2, 0) is 0 Å². The summed E-state index contributed by atoms with van der Waals surface area (Å²) in [6, 6.07) is 9.77. The van der Waals surface area contributed by atoms with Crippen molar-refractivity contribution in [3.63, 3.8) is 0 Å². The van der Waals surface area contributed by atoms with E-state index < -0.39 is 0 Å². The van der Waals surface area contributed by atoms with Gasteiger partial charge in [0.15, 0.2) is 0 Å². The Labute approximate surface area is 161 Å². The largest absolute Gasteiger partial charge is 0.366 e. The van der Waals surface area contributed by atoms with Crippen molar-refractivity contribution in [2.45, 2.75) is 52.0 Å². The van der Waals surface area contributed by atoms with E-state index in [1.165, 1.54) is 11.3 Å². The molecule has 142 valence electrons. The highest BCUT2D eigenvalue weighted by atomic mass is 16.2. The topological polar surface area (TPSA) is 57.6 Å². The average Bonchev–Trinajstić information content (AvgIpc) is 2.65. The molecule has 2 aromatic rings. The maximum atomic E-state index is 12.0. The van der Waals surface area contributed by atoms with Gasteiger partial charge in [-0.05, 0) is 68.0 Å². The second kappa shape index (κ2) is 7.91. The number of carbonyl (C=O) groups excluding carboxylic acids is 1. The third-order valence-electron chi connectivity index (χ3n) is 5.18. The number of carbonyl (C=O) groups is 1. The Hall–Kier alpha value is -2.69. The molecule has 27 heavy (non-hydrogen) atoms. The minimum absolute atomic E-state index is 0.163. The summed E-state index contributed by atoms with van der Waals surface area (Å²) < 4.78 is 0. The van der Waals surface area contributed by atoms with Crippen LogP contribution in [0, 0.1) is 0 Å². The number of hydrogen-bond donors (Lipinski definition) is 1. The number of nitrogens with zero attached hydrogens (tertiary/aromatic N) is 3. The van der Waals surface area contributed by atoms with E-state index in [2.05, 4.69) is 66.3 Å². The molecule has 1 N–H and O–H groups in total. The normalized spacial score (nSPS) is 18.4. The standard InChI is InChI=1S/C22H28N4O/c1-5-12-26-20-7-6-17(13-19(20)16(2)14-22(26,3)4)15-24-25-21(27)18-8-10-23-11-9-18/h6-11,13,15-16H,5,12,14H2,1-4H3,(H,25,27)/b24-15-. The lowest BCUT2D eigenvalue weighted by Crippen LogP contribution is -2.48. The molecule has 1 aromatic carbocycles. The minimum Gasteiger partial charge on any atom is -0.366 e. The predicted octanol–water partition coefficient (Wildman–Crippen LogP) is 4.35. The van der Waals surface area contributed by atoms with Crippen LogP contribution in [0.2, 0.25) is 0 Å². The van der Waals surface area contributed by atoms with Gasteiger partial charge in [-0.1, -0.05) is 19.9 Å². The summed E-state index contributed by atoms with van der Waals surface area (Å²) in [7, 11) is 0. The summed E-state index contributed by atoms with van der Waals surface area (Å²) in [6.07, 6.45) is 7.14. The van der Waals surface area contributed by atoms with E-state index in [-0.39, 0.29) is 11.4 Å². The van der Waals surface area contributed by atoms with E-state index in [0.29, 0.717) is 11.5 Å². The van der Waals surface area contributed by atoms with Crippen LogP contribution in [0.15, 0.2) is 47.8 Å². The first-order valence-corrected chi connectivity index (χ1v) is 9.57. The molecule has 0 radical (unpaired) electrons.